The lowest BCUT2D eigenvalue weighted by Gasteiger charge is -2.30. The highest BCUT2D eigenvalue weighted by Crippen LogP contribution is 2.33. The number of aromatic nitrogens is 3. The molecule has 1 saturated heterocycles. The minimum atomic E-state index is -4.88. The molecule has 10 heteroatoms. The quantitative estimate of drug-likeness (QED) is 0.673. The Morgan fingerprint density at radius 1 is 1.23 bits per heavy atom. The van der Waals surface area contributed by atoms with E-state index in [9.17, 15) is 18.4 Å². The first-order chi connectivity index (χ1) is 14.8. The Kier molecular flexibility index (Phi) is 5.61. The van der Waals surface area contributed by atoms with Crippen molar-refractivity contribution in [3.8, 4) is 23.1 Å². The van der Waals surface area contributed by atoms with Gasteiger partial charge in [-0.2, -0.15) is 5.26 Å². The van der Waals surface area contributed by atoms with Gasteiger partial charge in [0.2, 0.25) is 0 Å². The largest absolute Gasteiger partial charge is 0.573 e. The van der Waals surface area contributed by atoms with E-state index in [1.807, 2.05) is 0 Å². The van der Waals surface area contributed by atoms with Crippen LogP contribution >= 0.6 is 0 Å². The lowest BCUT2D eigenvalue weighted by molar-refractivity contribution is -0.274. The molecule has 0 saturated carbocycles. The van der Waals surface area contributed by atoms with E-state index in [0.717, 1.165) is 42.8 Å². The second-order valence-corrected chi connectivity index (χ2v) is 7.43. The number of nitrogens with one attached hydrogen (secondary N) is 1. The molecule has 7 nitrogen and oxygen atoms in total. The number of hydrogen-bond acceptors (Lipinski definition) is 7. The zero-order valence-corrected chi connectivity index (χ0v) is 16.6. The number of hydrogen-bond donors (Lipinski definition) is 1. The lowest BCUT2D eigenvalue weighted by atomic mass is 10.0. The normalized spacial score (nSPS) is 17.3. The van der Waals surface area contributed by atoms with Crippen LogP contribution in [0.15, 0.2) is 36.7 Å². The summed E-state index contributed by atoms with van der Waals surface area (Å²) in [4.78, 5) is 6.44. The standard InChI is InChI=1S/C21H19F3N6O/c1-30-8-2-3-15(12-30)27-20-17-11-26-7-6-16(17)19(28-29-20)13-4-5-18(14(9-13)10-25)31-21(22,23)24/h4-7,9,11,15H,2-3,8,12H2,1H3,(H,27,29)/t15-/m1/s1. The van der Waals surface area contributed by atoms with E-state index < -0.39 is 12.1 Å². The molecule has 160 valence electrons. The maximum atomic E-state index is 12.6. The maximum Gasteiger partial charge on any atom is 0.573 e. The fourth-order valence-corrected chi connectivity index (χ4v) is 3.77. The van der Waals surface area contributed by atoms with Crippen LogP contribution < -0.4 is 10.1 Å². The van der Waals surface area contributed by atoms with Crippen LogP contribution in [0.2, 0.25) is 0 Å². The Balaban J connectivity index is 1.72. The van der Waals surface area contributed by atoms with Crippen molar-refractivity contribution in [3.05, 3.63) is 42.2 Å². The van der Waals surface area contributed by atoms with E-state index in [4.69, 9.17) is 0 Å². The number of nitriles is 1. The van der Waals surface area contributed by atoms with Crippen molar-refractivity contribution in [1.82, 2.24) is 20.1 Å². The Bertz CT molecular complexity index is 1140. The minimum Gasteiger partial charge on any atom is -0.404 e. The third-order valence-corrected chi connectivity index (χ3v) is 5.15. The number of likely N-dealkylation sites (N-methyl/N-ethyl adjacent to an activating group) is 1. The molecule has 1 atom stereocenters. The SMILES string of the molecule is CN1CCC[C@@H](Nc2nnc(-c3ccc(OC(F)(F)F)c(C#N)c3)c3ccncc23)C1. The topological polar surface area (TPSA) is 87.0 Å². The second-order valence-electron chi connectivity index (χ2n) is 7.43. The van der Waals surface area contributed by atoms with Gasteiger partial charge in [-0.1, -0.05) is 0 Å². The highest BCUT2D eigenvalue weighted by atomic mass is 19.4. The molecule has 2 aromatic heterocycles. The molecule has 0 amide bonds. The molecule has 3 aromatic rings. The van der Waals surface area contributed by atoms with Gasteiger partial charge in [-0.15, -0.1) is 23.4 Å². The summed E-state index contributed by atoms with van der Waals surface area (Å²) in [7, 11) is 2.07. The fraction of sp³-hybridized carbons (Fsp3) is 0.333. The zero-order valence-electron chi connectivity index (χ0n) is 16.6. The summed E-state index contributed by atoms with van der Waals surface area (Å²) in [5.74, 6) is 0.0436. The van der Waals surface area contributed by atoms with E-state index in [1.54, 1.807) is 24.5 Å². The Morgan fingerprint density at radius 2 is 2.06 bits per heavy atom. The third kappa shape index (κ3) is 4.67. The van der Waals surface area contributed by atoms with E-state index in [0.29, 0.717) is 17.1 Å². The molecular weight excluding hydrogens is 409 g/mol. The number of fused-ring (bicyclic) bond motifs is 1. The molecule has 0 bridgehead atoms. The van der Waals surface area contributed by atoms with Gasteiger partial charge in [0.1, 0.15) is 17.5 Å². The Labute approximate surface area is 176 Å². The fourth-order valence-electron chi connectivity index (χ4n) is 3.77. The average Bonchev–Trinajstić information content (AvgIpc) is 2.73. The molecular formula is C21H19F3N6O. The van der Waals surface area contributed by atoms with Crippen LogP contribution in [0.25, 0.3) is 22.0 Å². The summed E-state index contributed by atoms with van der Waals surface area (Å²) in [6.07, 6.45) is 0.499. The summed E-state index contributed by atoms with van der Waals surface area (Å²) in [6.45, 7) is 1.94. The lowest BCUT2D eigenvalue weighted by Crippen LogP contribution is -2.40. The van der Waals surface area contributed by atoms with Gasteiger partial charge in [0.15, 0.2) is 5.82 Å². The summed E-state index contributed by atoms with van der Waals surface area (Å²) in [5, 5.41) is 22.8. The molecule has 31 heavy (non-hydrogen) atoms. The second kappa shape index (κ2) is 8.35. The van der Waals surface area contributed by atoms with E-state index in [2.05, 4.69) is 37.2 Å². The molecule has 0 aliphatic carbocycles. The predicted molar refractivity (Wildman–Crippen MR) is 108 cm³/mol. The number of halogens is 3. The summed E-state index contributed by atoms with van der Waals surface area (Å²) < 4.78 is 41.7. The highest BCUT2D eigenvalue weighted by Gasteiger charge is 2.32. The maximum absolute atomic E-state index is 12.6. The predicted octanol–water partition coefficient (Wildman–Crippen LogP) is 3.97. The van der Waals surface area contributed by atoms with E-state index in [1.165, 1.54) is 12.1 Å². The molecule has 0 unspecified atom stereocenters. The van der Waals surface area contributed by atoms with E-state index in [-0.39, 0.29) is 11.6 Å². The third-order valence-electron chi connectivity index (χ3n) is 5.15. The first-order valence-electron chi connectivity index (χ1n) is 9.70. The molecule has 1 aliphatic rings. The van der Waals surface area contributed by atoms with E-state index >= 15 is 0 Å². The number of likely N-dealkylation sites (tertiary alicyclic amines) is 1. The molecule has 0 spiro atoms. The van der Waals surface area contributed by atoms with Crippen LogP contribution in [0, 0.1) is 11.3 Å². The average molecular weight is 428 g/mol. The van der Waals surface area contributed by atoms with Crippen LogP contribution in [0.5, 0.6) is 5.75 Å². The smallest absolute Gasteiger partial charge is 0.404 e. The van der Waals surface area contributed by atoms with Crippen molar-refractivity contribution < 1.29 is 17.9 Å². The van der Waals surface area contributed by atoms with Gasteiger partial charge in [0, 0.05) is 41.3 Å². The van der Waals surface area contributed by atoms with Crippen LogP contribution in [-0.4, -0.2) is 52.6 Å². The number of rotatable bonds is 4. The van der Waals surface area contributed by atoms with Gasteiger partial charge >= 0.3 is 6.36 Å². The number of pyridine rings is 1. The van der Waals surface area contributed by atoms with Crippen LogP contribution in [0.3, 0.4) is 0 Å². The van der Waals surface area contributed by atoms with Crippen LogP contribution in [-0.2, 0) is 0 Å². The highest BCUT2D eigenvalue weighted by molar-refractivity contribution is 5.99. The zero-order chi connectivity index (χ0) is 22.0. The number of piperidine rings is 1. The Hall–Kier alpha value is -3.45. The number of ether oxygens (including phenoxy) is 1. The van der Waals surface area contributed by atoms with Crippen molar-refractivity contribution in [1.29, 1.82) is 5.26 Å². The number of alkyl halides is 3. The monoisotopic (exact) mass is 428 g/mol. The molecule has 4 rings (SSSR count). The number of anilines is 1. The number of nitrogens with zero attached hydrogens (tertiary/aromatic N) is 5. The summed E-state index contributed by atoms with van der Waals surface area (Å²) in [6, 6.07) is 7.59. The van der Waals surface area contributed by atoms with Crippen molar-refractivity contribution in [3.63, 3.8) is 0 Å². The molecule has 1 aromatic carbocycles. The van der Waals surface area contributed by atoms with Gasteiger partial charge < -0.3 is 15.0 Å². The Morgan fingerprint density at radius 3 is 2.81 bits per heavy atom. The summed E-state index contributed by atoms with van der Waals surface area (Å²) >= 11 is 0. The van der Waals surface area contributed by atoms with Crippen molar-refractivity contribution in [2.24, 2.45) is 0 Å². The molecule has 1 fully saturated rings. The number of benzene rings is 1. The van der Waals surface area contributed by atoms with Gasteiger partial charge in [-0.25, -0.2) is 0 Å². The summed E-state index contributed by atoms with van der Waals surface area (Å²) in [5.41, 5.74) is 0.656. The minimum absolute atomic E-state index is 0.228. The molecule has 1 N–H and O–H groups in total. The first kappa shape index (κ1) is 20.8. The van der Waals surface area contributed by atoms with Crippen molar-refractivity contribution in [2.45, 2.75) is 25.2 Å². The van der Waals surface area contributed by atoms with Crippen LogP contribution in [0.1, 0.15) is 18.4 Å². The van der Waals surface area contributed by atoms with Crippen LogP contribution in [0.4, 0.5) is 19.0 Å². The molecule has 0 radical (unpaired) electrons. The van der Waals surface area contributed by atoms with Gasteiger partial charge in [-0.3, -0.25) is 4.98 Å². The van der Waals surface area contributed by atoms with Crippen molar-refractivity contribution in [2.75, 3.05) is 25.5 Å². The first-order valence-corrected chi connectivity index (χ1v) is 9.70. The van der Waals surface area contributed by atoms with Crippen molar-refractivity contribution >= 4 is 16.6 Å². The van der Waals surface area contributed by atoms with Gasteiger partial charge in [0.25, 0.3) is 0 Å². The van der Waals surface area contributed by atoms with Gasteiger partial charge in [-0.05, 0) is 50.7 Å². The van der Waals surface area contributed by atoms with Gasteiger partial charge in [0.05, 0.1) is 5.56 Å². The molecule has 1 aliphatic heterocycles. The molecule has 3 heterocycles.